The first-order valence-corrected chi connectivity index (χ1v) is 12.7. The number of thiophene rings is 1. The Kier molecular flexibility index (Phi) is 6.88. The monoisotopic (exact) mass is 512 g/mol. The van der Waals surface area contributed by atoms with Crippen LogP contribution >= 0.6 is 22.9 Å². The second-order valence-electron chi connectivity index (χ2n) is 8.73. The Morgan fingerprint density at radius 1 is 1.09 bits per heavy atom. The number of halogens is 2. The van der Waals surface area contributed by atoms with E-state index in [1.807, 2.05) is 19.1 Å². The maximum atomic E-state index is 13.6. The van der Waals surface area contributed by atoms with Crippen LogP contribution in [-0.4, -0.2) is 71.3 Å². The van der Waals surface area contributed by atoms with Crippen LogP contribution in [0.2, 0.25) is 5.02 Å². The number of likely N-dealkylation sites (N-methyl/N-ethyl adjacent to an activating group) is 1. The summed E-state index contributed by atoms with van der Waals surface area (Å²) in [6, 6.07) is 10.1. The smallest absolute Gasteiger partial charge is 0.223 e. The molecule has 4 aromatic rings. The maximum absolute atomic E-state index is 13.6. The molecule has 2 aromatic carbocycles. The van der Waals surface area contributed by atoms with E-state index in [4.69, 9.17) is 16.3 Å². The van der Waals surface area contributed by atoms with Crippen LogP contribution in [0.3, 0.4) is 0 Å². The van der Waals surface area contributed by atoms with Crippen molar-refractivity contribution in [3.63, 3.8) is 0 Å². The first-order valence-electron chi connectivity index (χ1n) is 11.5. The molecule has 1 fully saturated rings. The third-order valence-corrected chi connectivity index (χ3v) is 8.07. The molecular weight excluding hydrogens is 487 g/mol. The van der Waals surface area contributed by atoms with Crippen LogP contribution in [0.15, 0.2) is 42.7 Å². The van der Waals surface area contributed by atoms with Crippen molar-refractivity contribution in [2.75, 3.05) is 46.4 Å². The van der Waals surface area contributed by atoms with Gasteiger partial charge in [0, 0.05) is 43.2 Å². The van der Waals surface area contributed by atoms with Crippen LogP contribution < -0.4 is 4.74 Å². The van der Waals surface area contributed by atoms with Gasteiger partial charge in [0.25, 0.3) is 0 Å². The summed E-state index contributed by atoms with van der Waals surface area (Å²) in [5, 5.41) is 11.7. The average Bonchev–Trinajstić information content (AvgIpc) is 3.24. The van der Waals surface area contributed by atoms with Gasteiger partial charge in [0.15, 0.2) is 0 Å². The van der Waals surface area contributed by atoms with Gasteiger partial charge in [-0.05, 0) is 48.9 Å². The number of rotatable bonds is 6. The van der Waals surface area contributed by atoms with Crippen molar-refractivity contribution < 1.29 is 14.2 Å². The zero-order valence-corrected chi connectivity index (χ0v) is 21.2. The molecule has 0 radical (unpaired) electrons. The predicted octanol–water partition coefficient (Wildman–Crippen LogP) is 5.46. The molecule has 35 heavy (non-hydrogen) atoms. The fourth-order valence-corrected chi connectivity index (χ4v) is 5.75. The SMILES string of the molecule is Cc1c(-c2c(-c3ccc(F)cc3)sc3ncnc(O)c23)ccc(OCCN2CCN(C)CC2)c1Cl. The average molecular weight is 513 g/mol. The standard InChI is InChI=1S/C26H26ClFN4O2S/c1-16-19(7-8-20(23(16)27)34-14-13-32-11-9-31(2)10-12-32)21-22-25(33)29-15-30-26(22)35-24(21)17-3-5-18(28)6-4-17/h3-8,15H,9-14H2,1-2H3,(H,29,30,33). The van der Waals surface area contributed by atoms with Crippen LogP contribution in [-0.2, 0) is 0 Å². The topological polar surface area (TPSA) is 61.7 Å². The van der Waals surface area contributed by atoms with Gasteiger partial charge in [-0.3, -0.25) is 4.90 Å². The molecule has 1 saturated heterocycles. The fourth-order valence-electron chi connectivity index (χ4n) is 4.38. The molecule has 2 aromatic heterocycles. The Labute approximate surface area is 212 Å². The third-order valence-electron chi connectivity index (χ3n) is 6.46. The summed E-state index contributed by atoms with van der Waals surface area (Å²) >= 11 is 8.20. The number of aromatic hydroxyl groups is 1. The minimum Gasteiger partial charge on any atom is -0.493 e. The van der Waals surface area contributed by atoms with E-state index in [-0.39, 0.29) is 11.7 Å². The molecule has 0 atom stereocenters. The first kappa shape index (κ1) is 23.9. The number of benzene rings is 2. The highest BCUT2D eigenvalue weighted by Gasteiger charge is 2.23. The van der Waals surface area contributed by atoms with Gasteiger partial charge in [-0.15, -0.1) is 11.3 Å². The minimum atomic E-state index is -0.309. The lowest BCUT2D eigenvalue weighted by atomic mass is 9.96. The van der Waals surface area contributed by atoms with E-state index in [9.17, 15) is 9.50 Å². The Balaban J connectivity index is 1.48. The predicted molar refractivity (Wildman–Crippen MR) is 139 cm³/mol. The summed E-state index contributed by atoms with van der Waals surface area (Å²) in [6.07, 6.45) is 1.34. The third kappa shape index (κ3) is 4.84. The molecular formula is C26H26ClFN4O2S. The Bertz CT molecular complexity index is 1350. The van der Waals surface area contributed by atoms with Crippen molar-refractivity contribution in [2.24, 2.45) is 0 Å². The zero-order chi connectivity index (χ0) is 24.5. The van der Waals surface area contributed by atoms with Crippen LogP contribution in [0.25, 0.3) is 31.8 Å². The number of piperazine rings is 1. The van der Waals surface area contributed by atoms with E-state index in [1.54, 1.807) is 12.1 Å². The molecule has 5 rings (SSSR count). The molecule has 3 heterocycles. The summed E-state index contributed by atoms with van der Waals surface area (Å²) in [7, 11) is 2.14. The normalized spacial score (nSPS) is 15.1. The lowest BCUT2D eigenvalue weighted by Gasteiger charge is -2.32. The van der Waals surface area contributed by atoms with Crippen LogP contribution in [0, 0.1) is 12.7 Å². The fraction of sp³-hybridized carbons (Fsp3) is 0.308. The highest BCUT2D eigenvalue weighted by Crippen LogP contribution is 2.49. The Morgan fingerprint density at radius 2 is 1.83 bits per heavy atom. The number of nitrogens with zero attached hydrogens (tertiary/aromatic N) is 4. The van der Waals surface area contributed by atoms with Gasteiger partial charge < -0.3 is 14.7 Å². The Hall–Kier alpha value is -2.78. The van der Waals surface area contributed by atoms with Crippen molar-refractivity contribution in [1.29, 1.82) is 0 Å². The first-order chi connectivity index (χ1) is 16.9. The zero-order valence-electron chi connectivity index (χ0n) is 19.6. The van der Waals surface area contributed by atoms with Crippen molar-refractivity contribution in [3.8, 4) is 33.2 Å². The second-order valence-corrected chi connectivity index (χ2v) is 10.1. The highest BCUT2D eigenvalue weighted by atomic mass is 35.5. The molecule has 182 valence electrons. The lowest BCUT2D eigenvalue weighted by molar-refractivity contribution is 0.134. The molecule has 0 amide bonds. The van der Waals surface area contributed by atoms with E-state index in [0.717, 1.165) is 59.9 Å². The molecule has 1 aliphatic rings. The van der Waals surface area contributed by atoms with Gasteiger partial charge in [0.05, 0.1) is 10.4 Å². The van der Waals surface area contributed by atoms with Gasteiger partial charge in [0.1, 0.15) is 29.3 Å². The molecule has 0 spiro atoms. The van der Waals surface area contributed by atoms with E-state index >= 15 is 0 Å². The number of fused-ring (bicyclic) bond motifs is 1. The van der Waals surface area contributed by atoms with E-state index in [2.05, 4.69) is 26.8 Å². The van der Waals surface area contributed by atoms with Crippen molar-refractivity contribution in [3.05, 3.63) is 59.1 Å². The number of aromatic nitrogens is 2. The summed E-state index contributed by atoms with van der Waals surface area (Å²) in [4.78, 5) is 14.6. The van der Waals surface area contributed by atoms with E-state index < -0.39 is 0 Å². The van der Waals surface area contributed by atoms with E-state index in [0.29, 0.717) is 27.6 Å². The molecule has 1 aliphatic heterocycles. The summed E-state index contributed by atoms with van der Waals surface area (Å²) in [5.74, 6) is 0.222. The van der Waals surface area contributed by atoms with Crippen LogP contribution in [0.5, 0.6) is 11.6 Å². The van der Waals surface area contributed by atoms with Gasteiger partial charge >= 0.3 is 0 Å². The number of hydrogen-bond acceptors (Lipinski definition) is 7. The number of hydrogen-bond donors (Lipinski definition) is 1. The summed E-state index contributed by atoms with van der Waals surface area (Å²) in [6.45, 7) is 7.54. The van der Waals surface area contributed by atoms with Gasteiger partial charge in [-0.25, -0.2) is 14.4 Å². The van der Waals surface area contributed by atoms with Gasteiger partial charge in [-0.1, -0.05) is 29.8 Å². The highest BCUT2D eigenvalue weighted by molar-refractivity contribution is 7.22. The van der Waals surface area contributed by atoms with Crippen molar-refractivity contribution in [1.82, 2.24) is 19.8 Å². The van der Waals surface area contributed by atoms with Gasteiger partial charge in [-0.2, -0.15) is 0 Å². The summed E-state index contributed by atoms with van der Waals surface area (Å²) < 4.78 is 19.7. The molecule has 6 nitrogen and oxygen atoms in total. The molecule has 0 saturated carbocycles. The molecule has 1 N–H and O–H groups in total. The maximum Gasteiger partial charge on any atom is 0.223 e. The molecule has 0 aliphatic carbocycles. The molecule has 0 bridgehead atoms. The Morgan fingerprint density at radius 3 is 2.57 bits per heavy atom. The van der Waals surface area contributed by atoms with E-state index in [1.165, 1.54) is 29.8 Å². The second kappa shape index (κ2) is 10.1. The van der Waals surface area contributed by atoms with Crippen molar-refractivity contribution in [2.45, 2.75) is 6.92 Å². The molecule has 9 heteroatoms. The van der Waals surface area contributed by atoms with Crippen LogP contribution in [0.1, 0.15) is 5.56 Å². The summed E-state index contributed by atoms with van der Waals surface area (Å²) in [5.41, 5.74) is 3.28. The number of ether oxygens (including phenoxy) is 1. The minimum absolute atomic E-state index is 0.0994. The lowest BCUT2D eigenvalue weighted by Crippen LogP contribution is -2.45. The largest absolute Gasteiger partial charge is 0.493 e. The van der Waals surface area contributed by atoms with Crippen LogP contribution in [0.4, 0.5) is 4.39 Å². The van der Waals surface area contributed by atoms with Gasteiger partial charge in [0.2, 0.25) is 5.88 Å². The van der Waals surface area contributed by atoms with Crippen molar-refractivity contribution >= 4 is 33.2 Å². The molecule has 0 unspecified atom stereocenters. The quantitative estimate of drug-likeness (QED) is 0.370.